The second kappa shape index (κ2) is 2.36. The fourth-order valence-corrected chi connectivity index (χ4v) is 1.89. The fraction of sp³-hybridized carbons (Fsp3) is 0.714. The summed E-state index contributed by atoms with van der Waals surface area (Å²) in [5.74, 6) is 0.110. The van der Waals surface area contributed by atoms with Gasteiger partial charge in [-0.2, -0.15) is 0 Å². The Balaban J connectivity index is 2.07. The Kier molecular flexibility index (Phi) is 1.46. The number of carboxylic acid groups (broad SMARTS) is 1. The molecule has 5 nitrogen and oxygen atoms in total. The van der Waals surface area contributed by atoms with Crippen LogP contribution in [0.1, 0.15) is 0 Å². The van der Waals surface area contributed by atoms with E-state index < -0.39 is 6.09 Å². The van der Waals surface area contributed by atoms with E-state index in [0.717, 1.165) is 0 Å². The molecule has 0 aromatic carbocycles. The van der Waals surface area contributed by atoms with E-state index in [1.165, 1.54) is 4.90 Å². The van der Waals surface area contributed by atoms with Crippen LogP contribution in [0.3, 0.4) is 0 Å². The molecular weight excluding hydrogens is 160 g/mol. The van der Waals surface area contributed by atoms with E-state index >= 15 is 0 Å². The van der Waals surface area contributed by atoms with Gasteiger partial charge in [-0.1, -0.05) is 0 Å². The molecule has 2 aliphatic heterocycles. The van der Waals surface area contributed by atoms with Gasteiger partial charge in [-0.05, 0) is 0 Å². The number of carbonyl (C=O) groups excluding carboxylic acids is 1. The van der Waals surface area contributed by atoms with Crippen molar-refractivity contribution < 1.29 is 14.7 Å². The van der Waals surface area contributed by atoms with Gasteiger partial charge < -0.3 is 15.3 Å². The van der Waals surface area contributed by atoms with Crippen molar-refractivity contribution in [2.75, 3.05) is 19.6 Å². The van der Waals surface area contributed by atoms with Crippen LogP contribution in [0, 0.1) is 11.8 Å². The summed E-state index contributed by atoms with van der Waals surface area (Å²) in [4.78, 5) is 22.9. The van der Waals surface area contributed by atoms with Gasteiger partial charge in [0.2, 0.25) is 5.91 Å². The van der Waals surface area contributed by atoms with Gasteiger partial charge in [0, 0.05) is 25.6 Å². The lowest BCUT2D eigenvalue weighted by Crippen LogP contribution is -2.32. The standard InChI is InChI=1S/C7H10N2O3/c10-6-5-3-9(7(11)12)2-4(5)1-8-6/h4-5H,1-3H2,(H,8,10)(H,11,12). The minimum absolute atomic E-state index is 0.00347. The van der Waals surface area contributed by atoms with E-state index in [-0.39, 0.29) is 17.7 Å². The summed E-state index contributed by atoms with van der Waals surface area (Å²) in [6.45, 7) is 1.50. The van der Waals surface area contributed by atoms with Gasteiger partial charge in [-0.3, -0.25) is 4.79 Å². The zero-order chi connectivity index (χ0) is 8.72. The average molecular weight is 170 g/mol. The van der Waals surface area contributed by atoms with Crippen molar-refractivity contribution in [3.05, 3.63) is 0 Å². The van der Waals surface area contributed by atoms with Gasteiger partial charge in [0.15, 0.2) is 0 Å². The summed E-state index contributed by atoms with van der Waals surface area (Å²) in [6.07, 6.45) is -0.919. The first-order chi connectivity index (χ1) is 5.68. The Morgan fingerprint density at radius 3 is 2.92 bits per heavy atom. The van der Waals surface area contributed by atoms with Crippen molar-refractivity contribution in [1.29, 1.82) is 0 Å². The van der Waals surface area contributed by atoms with Crippen molar-refractivity contribution in [1.82, 2.24) is 10.2 Å². The second-order valence-electron chi connectivity index (χ2n) is 3.30. The Morgan fingerprint density at radius 2 is 2.33 bits per heavy atom. The zero-order valence-electron chi connectivity index (χ0n) is 6.49. The highest BCUT2D eigenvalue weighted by Crippen LogP contribution is 2.26. The number of likely N-dealkylation sites (tertiary alicyclic amines) is 1. The third-order valence-corrected chi connectivity index (χ3v) is 2.59. The third-order valence-electron chi connectivity index (χ3n) is 2.59. The topological polar surface area (TPSA) is 69.6 Å². The number of nitrogens with one attached hydrogen (secondary N) is 1. The molecule has 2 fully saturated rings. The Bertz CT molecular complexity index is 241. The Hall–Kier alpha value is -1.26. The lowest BCUT2D eigenvalue weighted by molar-refractivity contribution is -0.122. The molecule has 12 heavy (non-hydrogen) atoms. The van der Waals surface area contributed by atoms with Crippen LogP contribution in [0.2, 0.25) is 0 Å². The van der Waals surface area contributed by atoms with Gasteiger partial charge in [-0.25, -0.2) is 4.79 Å². The van der Waals surface area contributed by atoms with E-state index in [2.05, 4.69) is 5.32 Å². The summed E-state index contributed by atoms with van der Waals surface area (Å²) in [5, 5.41) is 11.4. The SMILES string of the molecule is O=C1NCC2CN(C(=O)O)CC12. The molecule has 2 amide bonds. The third kappa shape index (κ3) is 0.929. The van der Waals surface area contributed by atoms with E-state index in [1.54, 1.807) is 0 Å². The van der Waals surface area contributed by atoms with Crippen LogP contribution in [0.25, 0.3) is 0 Å². The minimum Gasteiger partial charge on any atom is -0.465 e. The Morgan fingerprint density at radius 1 is 1.58 bits per heavy atom. The monoisotopic (exact) mass is 170 g/mol. The van der Waals surface area contributed by atoms with Crippen molar-refractivity contribution >= 4 is 12.0 Å². The summed E-state index contributed by atoms with van der Waals surface area (Å²) < 4.78 is 0. The van der Waals surface area contributed by atoms with Crippen LogP contribution in [0.4, 0.5) is 4.79 Å². The van der Waals surface area contributed by atoms with E-state index in [4.69, 9.17) is 5.11 Å². The molecule has 2 unspecified atom stereocenters. The molecule has 0 aromatic heterocycles. The molecular formula is C7H10N2O3. The molecule has 0 aromatic rings. The molecule has 2 saturated heterocycles. The number of carbonyl (C=O) groups is 2. The molecule has 66 valence electrons. The number of fused-ring (bicyclic) bond motifs is 1. The zero-order valence-corrected chi connectivity index (χ0v) is 6.49. The van der Waals surface area contributed by atoms with Crippen LogP contribution < -0.4 is 5.32 Å². The van der Waals surface area contributed by atoms with Gasteiger partial charge >= 0.3 is 6.09 Å². The van der Waals surface area contributed by atoms with E-state index in [0.29, 0.717) is 19.6 Å². The molecule has 2 rings (SSSR count). The highest BCUT2D eigenvalue weighted by atomic mass is 16.4. The number of amides is 2. The smallest absolute Gasteiger partial charge is 0.407 e. The van der Waals surface area contributed by atoms with Crippen molar-refractivity contribution in [2.45, 2.75) is 0 Å². The number of rotatable bonds is 0. The first kappa shape index (κ1) is 7.39. The normalized spacial score (nSPS) is 33.3. The maximum atomic E-state index is 11.1. The largest absolute Gasteiger partial charge is 0.465 e. The maximum Gasteiger partial charge on any atom is 0.407 e. The first-order valence-electron chi connectivity index (χ1n) is 3.94. The van der Waals surface area contributed by atoms with Crippen LogP contribution >= 0.6 is 0 Å². The fourth-order valence-electron chi connectivity index (χ4n) is 1.89. The van der Waals surface area contributed by atoms with Gasteiger partial charge in [0.05, 0.1) is 5.92 Å². The number of nitrogens with zero attached hydrogens (tertiary/aromatic N) is 1. The second-order valence-corrected chi connectivity index (χ2v) is 3.30. The lowest BCUT2D eigenvalue weighted by Gasteiger charge is -2.11. The minimum atomic E-state index is -0.919. The first-order valence-corrected chi connectivity index (χ1v) is 3.94. The van der Waals surface area contributed by atoms with Crippen LogP contribution in [-0.2, 0) is 4.79 Å². The molecule has 0 aliphatic carbocycles. The Labute approximate surface area is 69.3 Å². The van der Waals surface area contributed by atoms with Crippen molar-refractivity contribution in [3.8, 4) is 0 Å². The van der Waals surface area contributed by atoms with Crippen LogP contribution in [-0.4, -0.2) is 41.6 Å². The summed E-state index contributed by atoms with van der Waals surface area (Å²) in [5.41, 5.74) is 0. The summed E-state index contributed by atoms with van der Waals surface area (Å²) >= 11 is 0. The lowest BCUT2D eigenvalue weighted by atomic mass is 10.0. The quantitative estimate of drug-likeness (QED) is 0.507. The molecule has 2 atom stereocenters. The maximum absolute atomic E-state index is 11.1. The van der Waals surface area contributed by atoms with E-state index in [1.807, 2.05) is 0 Å². The molecule has 5 heteroatoms. The average Bonchev–Trinajstić information content (AvgIpc) is 2.53. The van der Waals surface area contributed by atoms with Gasteiger partial charge in [0.25, 0.3) is 0 Å². The summed E-state index contributed by atoms with van der Waals surface area (Å²) in [6, 6.07) is 0. The van der Waals surface area contributed by atoms with Gasteiger partial charge in [-0.15, -0.1) is 0 Å². The molecule has 0 bridgehead atoms. The van der Waals surface area contributed by atoms with Gasteiger partial charge in [0.1, 0.15) is 0 Å². The highest BCUT2D eigenvalue weighted by molar-refractivity contribution is 5.83. The summed E-state index contributed by atoms with van der Waals surface area (Å²) in [7, 11) is 0. The predicted molar refractivity (Wildman–Crippen MR) is 39.6 cm³/mol. The molecule has 0 saturated carbocycles. The van der Waals surface area contributed by atoms with Crippen LogP contribution in [0.5, 0.6) is 0 Å². The van der Waals surface area contributed by atoms with Crippen molar-refractivity contribution in [2.24, 2.45) is 11.8 Å². The molecule has 2 N–H and O–H groups in total. The molecule has 2 aliphatic rings. The number of hydrogen-bond donors (Lipinski definition) is 2. The van der Waals surface area contributed by atoms with E-state index in [9.17, 15) is 9.59 Å². The molecule has 0 spiro atoms. The van der Waals surface area contributed by atoms with Crippen molar-refractivity contribution in [3.63, 3.8) is 0 Å². The predicted octanol–water partition coefficient (Wildman–Crippen LogP) is -0.658. The van der Waals surface area contributed by atoms with Crippen LogP contribution in [0.15, 0.2) is 0 Å². The molecule has 2 heterocycles. The molecule has 0 radical (unpaired) electrons. The number of hydrogen-bond acceptors (Lipinski definition) is 2. The highest BCUT2D eigenvalue weighted by Gasteiger charge is 2.43.